The maximum atomic E-state index is 11.6. The SMILES string of the molecule is CCNC(=O)CCC(C)(C)SSCC(=O)NC(C)CC.[HH].[HH]. The molecule has 0 aromatic heterocycles. The van der Waals surface area contributed by atoms with Gasteiger partial charge in [0.1, 0.15) is 0 Å². The van der Waals surface area contributed by atoms with Crippen LogP contribution in [0.2, 0.25) is 0 Å². The van der Waals surface area contributed by atoms with E-state index in [2.05, 4.69) is 31.4 Å². The smallest absolute Gasteiger partial charge is 0.231 e. The lowest BCUT2D eigenvalue weighted by atomic mass is 10.1. The van der Waals surface area contributed by atoms with Gasteiger partial charge in [-0.1, -0.05) is 28.5 Å². The van der Waals surface area contributed by atoms with Gasteiger partial charge in [-0.3, -0.25) is 9.59 Å². The highest BCUT2D eigenvalue weighted by Crippen LogP contribution is 2.38. The average Bonchev–Trinajstić information content (AvgIpc) is 2.36. The van der Waals surface area contributed by atoms with Gasteiger partial charge in [0, 0.05) is 26.6 Å². The second-order valence-electron chi connectivity index (χ2n) is 5.44. The molecule has 2 amide bonds. The molecule has 122 valence electrons. The van der Waals surface area contributed by atoms with Gasteiger partial charge in [-0.15, -0.1) is 0 Å². The van der Waals surface area contributed by atoms with E-state index in [1.165, 1.54) is 0 Å². The molecule has 1 atom stereocenters. The first kappa shape index (κ1) is 19.6. The molecule has 2 N–H and O–H groups in total. The lowest BCUT2D eigenvalue weighted by molar-refractivity contribution is -0.121. The molecule has 0 aliphatic rings. The van der Waals surface area contributed by atoms with Gasteiger partial charge in [-0.2, -0.15) is 0 Å². The molecule has 0 saturated heterocycles. The van der Waals surface area contributed by atoms with Crippen molar-refractivity contribution in [2.75, 3.05) is 12.3 Å². The number of rotatable bonds is 10. The molecule has 0 aromatic rings. The summed E-state index contributed by atoms with van der Waals surface area (Å²) in [5, 5.41) is 5.75. The molecule has 0 spiro atoms. The molecule has 0 aliphatic heterocycles. The fourth-order valence-electron chi connectivity index (χ4n) is 1.40. The molecule has 1 unspecified atom stereocenters. The number of amides is 2. The summed E-state index contributed by atoms with van der Waals surface area (Å²) in [5.74, 6) is 0.636. The number of nitrogens with one attached hydrogen (secondary N) is 2. The zero-order valence-electron chi connectivity index (χ0n) is 13.2. The third-order valence-corrected chi connectivity index (χ3v) is 6.04. The molecular formula is C14H32N2O2S2. The Labute approximate surface area is 134 Å². The molecule has 0 heterocycles. The van der Waals surface area contributed by atoms with E-state index in [0.717, 1.165) is 12.8 Å². The van der Waals surface area contributed by atoms with Gasteiger partial charge in [0.05, 0.1) is 5.75 Å². The standard InChI is InChI=1S/C14H28N2O2S2.2H2/c1-6-11(3)16-13(18)10-19-20-14(4,5)9-8-12(17)15-7-2;;/h11H,6-10H2,1-5H3,(H,15,17)(H,16,18);2*1H. The summed E-state index contributed by atoms with van der Waals surface area (Å²) in [5.41, 5.74) is 0. The number of hydrogen-bond acceptors (Lipinski definition) is 4. The average molecular weight is 325 g/mol. The maximum Gasteiger partial charge on any atom is 0.231 e. The van der Waals surface area contributed by atoms with Crippen molar-refractivity contribution in [3.8, 4) is 0 Å². The quantitative estimate of drug-likeness (QED) is 0.604. The molecule has 0 fully saturated rings. The van der Waals surface area contributed by atoms with Crippen molar-refractivity contribution in [1.82, 2.24) is 10.6 Å². The minimum Gasteiger partial charge on any atom is -0.356 e. The van der Waals surface area contributed by atoms with Crippen molar-refractivity contribution in [2.45, 2.75) is 64.7 Å². The van der Waals surface area contributed by atoms with Crippen molar-refractivity contribution in [1.29, 1.82) is 0 Å². The van der Waals surface area contributed by atoms with Gasteiger partial charge in [0.25, 0.3) is 0 Å². The topological polar surface area (TPSA) is 58.2 Å². The van der Waals surface area contributed by atoms with Crippen molar-refractivity contribution in [2.24, 2.45) is 0 Å². The van der Waals surface area contributed by atoms with Crippen molar-refractivity contribution in [3.05, 3.63) is 0 Å². The third-order valence-electron chi connectivity index (χ3n) is 2.82. The fraction of sp³-hybridized carbons (Fsp3) is 0.857. The lowest BCUT2D eigenvalue weighted by Crippen LogP contribution is -2.33. The van der Waals surface area contributed by atoms with Gasteiger partial charge >= 0.3 is 0 Å². The normalized spacial score (nSPS) is 12.8. The monoisotopic (exact) mass is 324 g/mol. The Morgan fingerprint density at radius 2 is 1.90 bits per heavy atom. The van der Waals surface area contributed by atoms with Gasteiger partial charge in [-0.05, 0) is 40.5 Å². The molecule has 0 radical (unpaired) electrons. The Bertz CT molecular complexity index is 319. The first-order chi connectivity index (χ1) is 9.30. The predicted molar refractivity (Wildman–Crippen MR) is 94.2 cm³/mol. The van der Waals surface area contributed by atoms with E-state index in [0.29, 0.717) is 18.7 Å². The molecule has 0 bridgehead atoms. The van der Waals surface area contributed by atoms with E-state index in [1.54, 1.807) is 21.6 Å². The predicted octanol–water partition coefficient (Wildman–Crippen LogP) is 3.47. The van der Waals surface area contributed by atoms with Gasteiger partial charge < -0.3 is 10.6 Å². The van der Waals surface area contributed by atoms with Crippen LogP contribution in [0, 0.1) is 0 Å². The minimum absolute atomic E-state index is 0. The van der Waals surface area contributed by atoms with Crippen molar-refractivity contribution < 1.29 is 12.4 Å². The molecule has 0 aliphatic carbocycles. The zero-order valence-corrected chi connectivity index (χ0v) is 14.9. The van der Waals surface area contributed by atoms with Crippen molar-refractivity contribution in [3.63, 3.8) is 0 Å². The minimum atomic E-state index is -0.00754. The van der Waals surface area contributed by atoms with Crippen LogP contribution in [0.1, 0.15) is 56.7 Å². The van der Waals surface area contributed by atoms with Gasteiger partial charge in [0.15, 0.2) is 0 Å². The molecular weight excluding hydrogens is 292 g/mol. The number of carbonyl (C=O) groups is 2. The summed E-state index contributed by atoms with van der Waals surface area (Å²) in [4.78, 5) is 23.1. The highest BCUT2D eigenvalue weighted by Gasteiger charge is 2.21. The largest absolute Gasteiger partial charge is 0.356 e. The highest BCUT2D eigenvalue weighted by atomic mass is 33.1. The van der Waals surface area contributed by atoms with E-state index in [4.69, 9.17) is 0 Å². The Morgan fingerprint density at radius 1 is 1.25 bits per heavy atom. The van der Waals surface area contributed by atoms with Crippen molar-refractivity contribution >= 4 is 33.4 Å². The second-order valence-corrected chi connectivity index (χ2v) is 8.44. The fourth-order valence-corrected chi connectivity index (χ4v) is 3.86. The van der Waals surface area contributed by atoms with Crippen LogP contribution in [-0.4, -0.2) is 34.9 Å². The molecule has 6 heteroatoms. The van der Waals surface area contributed by atoms with Crippen LogP contribution in [0.3, 0.4) is 0 Å². The molecule has 4 nitrogen and oxygen atoms in total. The summed E-state index contributed by atoms with van der Waals surface area (Å²) >= 11 is 0. The molecule has 20 heavy (non-hydrogen) atoms. The first-order valence-corrected chi connectivity index (χ1v) is 9.49. The summed E-state index contributed by atoms with van der Waals surface area (Å²) in [7, 11) is 3.24. The van der Waals surface area contributed by atoms with E-state index in [9.17, 15) is 9.59 Å². The summed E-state index contributed by atoms with van der Waals surface area (Å²) in [6.07, 6.45) is 2.29. The highest BCUT2D eigenvalue weighted by molar-refractivity contribution is 8.77. The molecule has 0 aromatic carbocycles. The lowest BCUT2D eigenvalue weighted by Gasteiger charge is -2.22. The van der Waals surface area contributed by atoms with Crippen LogP contribution < -0.4 is 10.6 Å². The van der Waals surface area contributed by atoms with Crippen LogP contribution >= 0.6 is 21.6 Å². The van der Waals surface area contributed by atoms with Crippen LogP contribution in [-0.2, 0) is 9.59 Å². The molecule has 0 saturated carbocycles. The Morgan fingerprint density at radius 3 is 2.45 bits per heavy atom. The summed E-state index contributed by atoms with van der Waals surface area (Å²) in [6.45, 7) is 10.9. The van der Waals surface area contributed by atoms with Crippen LogP contribution in [0.4, 0.5) is 0 Å². The number of hydrogen-bond donors (Lipinski definition) is 2. The summed E-state index contributed by atoms with van der Waals surface area (Å²) < 4.78 is -0.00754. The van der Waals surface area contributed by atoms with Crippen LogP contribution in [0.15, 0.2) is 0 Å². The summed E-state index contributed by atoms with van der Waals surface area (Å²) in [6, 6.07) is 0.235. The van der Waals surface area contributed by atoms with E-state index in [-0.39, 0.29) is 25.5 Å². The van der Waals surface area contributed by atoms with E-state index in [1.807, 2.05) is 13.8 Å². The van der Waals surface area contributed by atoms with E-state index >= 15 is 0 Å². The van der Waals surface area contributed by atoms with Crippen LogP contribution in [0.5, 0.6) is 0 Å². The molecule has 0 rings (SSSR count). The Balaban J connectivity index is -0.00000180. The second kappa shape index (κ2) is 10.4. The van der Waals surface area contributed by atoms with Gasteiger partial charge in [-0.25, -0.2) is 0 Å². The number of carbonyl (C=O) groups excluding carboxylic acids is 2. The van der Waals surface area contributed by atoms with E-state index < -0.39 is 0 Å². The zero-order chi connectivity index (χ0) is 15.6. The third kappa shape index (κ3) is 10.4. The first-order valence-electron chi connectivity index (χ1n) is 7.17. The van der Waals surface area contributed by atoms with Gasteiger partial charge in [0.2, 0.25) is 11.8 Å². The Hall–Kier alpha value is -0.360. The van der Waals surface area contributed by atoms with Crippen LogP contribution in [0.25, 0.3) is 0 Å². The Kier molecular flexibility index (Phi) is 10.2. The maximum absolute atomic E-state index is 11.6.